The zero-order valence-corrected chi connectivity index (χ0v) is 8.54. The Morgan fingerprint density at radius 3 is 2.21 bits per heavy atom. The van der Waals surface area contributed by atoms with Crippen LogP contribution in [0.3, 0.4) is 0 Å². The Balaban J connectivity index is 4.41. The average Bonchev–Trinajstić information content (AvgIpc) is 2.11. The molecule has 0 aliphatic heterocycles. The van der Waals surface area contributed by atoms with E-state index in [4.69, 9.17) is 14.9 Å². The van der Waals surface area contributed by atoms with Crippen molar-refractivity contribution in [2.75, 3.05) is 27.8 Å². The smallest absolute Gasteiger partial charge is 0.335 e. The quantitative estimate of drug-likeness (QED) is 0.484. The molecule has 3 unspecified atom stereocenters. The number of ether oxygens (including phenoxy) is 1. The molecule has 14 heavy (non-hydrogen) atoms. The molecule has 3 atom stereocenters. The molecular weight excluding hydrogens is 190 g/mol. The first-order valence-corrected chi connectivity index (χ1v) is 4.16. The molecular formula is C8H17NO5. The van der Waals surface area contributed by atoms with Crippen LogP contribution in [0, 0.1) is 0 Å². The van der Waals surface area contributed by atoms with Gasteiger partial charge in [-0.05, 0) is 14.1 Å². The minimum atomic E-state index is -1.79. The summed E-state index contributed by atoms with van der Waals surface area (Å²) in [6, 6.07) is -0.550. The molecule has 0 saturated heterocycles. The second-order valence-electron chi connectivity index (χ2n) is 3.26. The van der Waals surface area contributed by atoms with E-state index in [1.54, 1.807) is 19.0 Å². The fraction of sp³-hybridized carbons (Fsp3) is 0.875. The number of carbonyl (C=O) groups is 1. The maximum atomic E-state index is 10.4. The molecule has 84 valence electrons. The minimum Gasteiger partial charge on any atom is -0.479 e. The van der Waals surface area contributed by atoms with Gasteiger partial charge in [0.25, 0.3) is 0 Å². The van der Waals surface area contributed by atoms with Crippen molar-refractivity contribution in [2.45, 2.75) is 18.2 Å². The van der Waals surface area contributed by atoms with Crippen LogP contribution in [0.2, 0.25) is 0 Å². The molecule has 0 aromatic carbocycles. The Labute approximate surface area is 82.7 Å². The molecule has 0 radical (unpaired) electrons. The molecule has 0 aliphatic rings. The SMILES string of the molecule is COCC(C(O)C(O)C(=O)O)N(C)C. The second kappa shape index (κ2) is 5.92. The van der Waals surface area contributed by atoms with Gasteiger partial charge in [0.2, 0.25) is 0 Å². The molecule has 0 rings (SSSR count). The number of aliphatic hydroxyl groups is 2. The van der Waals surface area contributed by atoms with E-state index in [0.29, 0.717) is 0 Å². The number of carboxylic acids is 1. The van der Waals surface area contributed by atoms with Crippen molar-refractivity contribution in [1.82, 2.24) is 4.90 Å². The lowest BCUT2D eigenvalue weighted by atomic mass is 10.1. The highest BCUT2D eigenvalue weighted by molar-refractivity contribution is 5.72. The van der Waals surface area contributed by atoms with E-state index in [2.05, 4.69) is 0 Å². The fourth-order valence-corrected chi connectivity index (χ4v) is 1.08. The third-order valence-corrected chi connectivity index (χ3v) is 1.97. The number of likely N-dealkylation sites (N-methyl/N-ethyl adjacent to an activating group) is 1. The zero-order valence-electron chi connectivity index (χ0n) is 8.54. The number of hydrogen-bond acceptors (Lipinski definition) is 5. The minimum absolute atomic E-state index is 0.151. The Kier molecular flexibility index (Phi) is 5.63. The van der Waals surface area contributed by atoms with Gasteiger partial charge in [0, 0.05) is 7.11 Å². The zero-order chi connectivity index (χ0) is 11.3. The third-order valence-electron chi connectivity index (χ3n) is 1.97. The average molecular weight is 207 g/mol. The number of methoxy groups -OCH3 is 1. The first-order chi connectivity index (χ1) is 6.41. The summed E-state index contributed by atoms with van der Waals surface area (Å²) in [5.41, 5.74) is 0. The largest absolute Gasteiger partial charge is 0.479 e. The highest BCUT2D eigenvalue weighted by atomic mass is 16.5. The standard InChI is InChI=1S/C8H17NO5/c1-9(2)5(4-14-3)6(10)7(11)8(12)13/h5-7,10-11H,4H2,1-3H3,(H,12,13). The van der Waals surface area contributed by atoms with Crippen molar-refractivity contribution in [3.63, 3.8) is 0 Å². The first kappa shape index (κ1) is 13.3. The van der Waals surface area contributed by atoms with E-state index in [1.165, 1.54) is 7.11 Å². The molecule has 0 amide bonds. The monoisotopic (exact) mass is 207 g/mol. The number of carboxylic acid groups (broad SMARTS) is 1. The molecule has 6 heteroatoms. The van der Waals surface area contributed by atoms with Crippen molar-refractivity contribution < 1.29 is 24.9 Å². The molecule has 0 aliphatic carbocycles. The topological polar surface area (TPSA) is 90.2 Å². The van der Waals surface area contributed by atoms with Crippen LogP contribution in [0.1, 0.15) is 0 Å². The van der Waals surface area contributed by atoms with Crippen LogP contribution in [0.15, 0.2) is 0 Å². The van der Waals surface area contributed by atoms with Crippen molar-refractivity contribution in [3.05, 3.63) is 0 Å². The molecule has 3 N–H and O–H groups in total. The van der Waals surface area contributed by atoms with Crippen molar-refractivity contribution >= 4 is 5.97 Å². The van der Waals surface area contributed by atoms with Crippen molar-refractivity contribution in [3.8, 4) is 0 Å². The highest BCUT2D eigenvalue weighted by Crippen LogP contribution is 2.06. The predicted octanol–water partition coefficient (Wildman–Crippen LogP) is -1.63. The Morgan fingerprint density at radius 1 is 1.43 bits per heavy atom. The number of rotatable bonds is 6. The van der Waals surface area contributed by atoms with E-state index >= 15 is 0 Å². The lowest BCUT2D eigenvalue weighted by Gasteiger charge is -2.29. The molecule has 0 aromatic heterocycles. The molecule has 0 saturated carbocycles. The van der Waals surface area contributed by atoms with Gasteiger partial charge in [-0.15, -0.1) is 0 Å². The molecule has 0 heterocycles. The predicted molar refractivity (Wildman–Crippen MR) is 49.0 cm³/mol. The summed E-state index contributed by atoms with van der Waals surface area (Å²) in [5.74, 6) is -1.44. The van der Waals surface area contributed by atoms with Gasteiger partial charge in [-0.25, -0.2) is 4.79 Å². The fourth-order valence-electron chi connectivity index (χ4n) is 1.08. The molecule has 0 fully saturated rings. The van der Waals surface area contributed by atoms with Crippen LogP contribution in [-0.4, -0.2) is 72.3 Å². The van der Waals surface area contributed by atoms with Crippen LogP contribution >= 0.6 is 0 Å². The Bertz CT molecular complexity index is 185. The number of aliphatic hydroxyl groups excluding tert-OH is 2. The molecule has 0 bridgehead atoms. The van der Waals surface area contributed by atoms with Gasteiger partial charge in [-0.2, -0.15) is 0 Å². The van der Waals surface area contributed by atoms with E-state index in [0.717, 1.165) is 0 Å². The van der Waals surface area contributed by atoms with Crippen LogP contribution in [0.5, 0.6) is 0 Å². The van der Waals surface area contributed by atoms with Crippen LogP contribution in [0.4, 0.5) is 0 Å². The number of aliphatic carboxylic acids is 1. The van der Waals surface area contributed by atoms with Gasteiger partial charge in [0.15, 0.2) is 6.10 Å². The van der Waals surface area contributed by atoms with E-state index < -0.39 is 24.2 Å². The van der Waals surface area contributed by atoms with Gasteiger partial charge in [-0.3, -0.25) is 0 Å². The molecule has 6 nitrogen and oxygen atoms in total. The maximum Gasteiger partial charge on any atom is 0.335 e. The van der Waals surface area contributed by atoms with E-state index in [-0.39, 0.29) is 6.61 Å². The molecule has 0 aromatic rings. The lowest BCUT2D eigenvalue weighted by molar-refractivity contribution is -0.156. The summed E-state index contributed by atoms with van der Waals surface area (Å²) in [7, 11) is 4.78. The third kappa shape index (κ3) is 3.59. The summed E-state index contributed by atoms with van der Waals surface area (Å²) < 4.78 is 4.81. The normalized spacial score (nSPS) is 17.9. The summed E-state index contributed by atoms with van der Waals surface area (Å²) in [5, 5.41) is 27.1. The van der Waals surface area contributed by atoms with Crippen LogP contribution in [-0.2, 0) is 9.53 Å². The van der Waals surface area contributed by atoms with Gasteiger partial charge in [0.05, 0.1) is 12.6 Å². The Morgan fingerprint density at radius 2 is 1.93 bits per heavy atom. The van der Waals surface area contributed by atoms with Crippen molar-refractivity contribution in [2.24, 2.45) is 0 Å². The van der Waals surface area contributed by atoms with E-state index in [1.807, 2.05) is 0 Å². The van der Waals surface area contributed by atoms with Gasteiger partial charge < -0.3 is 25.0 Å². The second-order valence-corrected chi connectivity index (χ2v) is 3.26. The van der Waals surface area contributed by atoms with Crippen LogP contribution in [0.25, 0.3) is 0 Å². The Hall–Kier alpha value is -0.690. The summed E-state index contributed by atoms with van der Waals surface area (Å²) in [6.07, 6.45) is -3.17. The molecule has 0 spiro atoms. The van der Waals surface area contributed by atoms with E-state index in [9.17, 15) is 9.90 Å². The summed E-state index contributed by atoms with van der Waals surface area (Å²) in [6.45, 7) is 0.151. The summed E-state index contributed by atoms with van der Waals surface area (Å²) in [4.78, 5) is 12.0. The van der Waals surface area contributed by atoms with Gasteiger partial charge >= 0.3 is 5.97 Å². The lowest BCUT2D eigenvalue weighted by Crippen LogP contribution is -2.50. The maximum absolute atomic E-state index is 10.4. The van der Waals surface area contributed by atoms with Crippen LogP contribution < -0.4 is 0 Å². The number of hydrogen-bond donors (Lipinski definition) is 3. The highest BCUT2D eigenvalue weighted by Gasteiger charge is 2.32. The summed E-state index contributed by atoms with van der Waals surface area (Å²) >= 11 is 0. The van der Waals surface area contributed by atoms with Gasteiger partial charge in [0.1, 0.15) is 6.10 Å². The first-order valence-electron chi connectivity index (χ1n) is 4.16. The van der Waals surface area contributed by atoms with Crippen molar-refractivity contribution in [1.29, 1.82) is 0 Å². The van der Waals surface area contributed by atoms with Gasteiger partial charge in [-0.1, -0.05) is 0 Å². The number of nitrogens with zero attached hydrogens (tertiary/aromatic N) is 1.